The van der Waals surface area contributed by atoms with Crippen molar-refractivity contribution in [2.24, 2.45) is 0 Å². The molecular weight excluding hydrogens is 278 g/mol. The maximum absolute atomic E-state index is 11.9. The maximum atomic E-state index is 11.9. The molecule has 0 aliphatic carbocycles. The van der Waals surface area contributed by atoms with Gasteiger partial charge >= 0.3 is 5.97 Å². The number of carbonyl (C=O) groups is 2. The van der Waals surface area contributed by atoms with E-state index in [1.54, 1.807) is 6.92 Å². The van der Waals surface area contributed by atoms with Crippen molar-refractivity contribution < 1.29 is 14.3 Å². The standard InChI is InChI=1S/C18H21NO3/c1-2-22-18(21)8-5-11-19-17(20)13-14-9-10-15-6-3-4-7-16(15)12-14/h3-4,6-7,9-10,12H,2,5,8,11,13H2,1H3,(H,19,20). The molecule has 0 fully saturated rings. The van der Waals surface area contributed by atoms with E-state index in [1.165, 1.54) is 5.39 Å². The second kappa shape index (κ2) is 8.17. The fraction of sp³-hybridized carbons (Fsp3) is 0.333. The number of nitrogens with one attached hydrogen (secondary N) is 1. The quantitative estimate of drug-likeness (QED) is 0.632. The Morgan fingerprint density at radius 2 is 1.86 bits per heavy atom. The zero-order valence-electron chi connectivity index (χ0n) is 12.8. The first-order valence-corrected chi connectivity index (χ1v) is 7.59. The second-order valence-corrected chi connectivity index (χ2v) is 5.12. The normalized spacial score (nSPS) is 10.4. The number of hydrogen-bond donors (Lipinski definition) is 1. The molecule has 0 bridgehead atoms. The lowest BCUT2D eigenvalue weighted by atomic mass is 10.0. The molecule has 0 spiro atoms. The highest BCUT2D eigenvalue weighted by Gasteiger charge is 2.05. The summed E-state index contributed by atoms with van der Waals surface area (Å²) in [4.78, 5) is 23.1. The third kappa shape index (κ3) is 4.88. The number of esters is 1. The average molecular weight is 299 g/mol. The van der Waals surface area contributed by atoms with Gasteiger partial charge in [-0.1, -0.05) is 42.5 Å². The lowest BCUT2D eigenvalue weighted by molar-refractivity contribution is -0.143. The molecule has 0 aromatic heterocycles. The number of hydrogen-bond acceptors (Lipinski definition) is 3. The van der Waals surface area contributed by atoms with Crippen LogP contribution in [0.4, 0.5) is 0 Å². The number of benzene rings is 2. The average Bonchev–Trinajstić information content (AvgIpc) is 2.52. The van der Waals surface area contributed by atoms with Crippen molar-refractivity contribution in [2.45, 2.75) is 26.2 Å². The van der Waals surface area contributed by atoms with Gasteiger partial charge in [-0.15, -0.1) is 0 Å². The zero-order valence-corrected chi connectivity index (χ0v) is 12.8. The summed E-state index contributed by atoms with van der Waals surface area (Å²) in [7, 11) is 0. The molecule has 0 heterocycles. The first kappa shape index (κ1) is 16.0. The third-order valence-corrected chi connectivity index (χ3v) is 3.36. The van der Waals surface area contributed by atoms with E-state index in [0.29, 0.717) is 32.4 Å². The number of rotatable bonds is 7. The van der Waals surface area contributed by atoms with Crippen LogP contribution in [0.3, 0.4) is 0 Å². The summed E-state index contributed by atoms with van der Waals surface area (Å²) in [5.41, 5.74) is 0.988. The first-order chi connectivity index (χ1) is 10.7. The molecule has 22 heavy (non-hydrogen) atoms. The van der Waals surface area contributed by atoms with Crippen molar-refractivity contribution >= 4 is 22.6 Å². The van der Waals surface area contributed by atoms with Crippen molar-refractivity contribution in [2.75, 3.05) is 13.2 Å². The molecule has 0 aliphatic rings. The molecule has 0 radical (unpaired) electrons. The van der Waals surface area contributed by atoms with Gasteiger partial charge < -0.3 is 10.1 Å². The van der Waals surface area contributed by atoms with Crippen molar-refractivity contribution in [3.8, 4) is 0 Å². The maximum Gasteiger partial charge on any atom is 0.305 e. The van der Waals surface area contributed by atoms with Gasteiger partial charge in [0.2, 0.25) is 5.91 Å². The number of amides is 1. The largest absolute Gasteiger partial charge is 0.466 e. The Hall–Kier alpha value is -2.36. The van der Waals surface area contributed by atoms with Crippen LogP contribution in [0.5, 0.6) is 0 Å². The molecule has 0 saturated heterocycles. The molecule has 1 amide bonds. The van der Waals surface area contributed by atoms with Gasteiger partial charge in [0.25, 0.3) is 0 Å². The first-order valence-electron chi connectivity index (χ1n) is 7.59. The number of ether oxygens (including phenoxy) is 1. The minimum absolute atomic E-state index is 0.0286. The van der Waals surface area contributed by atoms with Crippen molar-refractivity contribution in [1.29, 1.82) is 0 Å². The van der Waals surface area contributed by atoms with Crippen LogP contribution < -0.4 is 5.32 Å². The van der Waals surface area contributed by atoms with Crippen LogP contribution in [0.2, 0.25) is 0 Å². The summed E-state index contributed by atoms with van der Waals surface area (Å²) < 4.78 is 4.83. The van der Waals surface area contributed by atoms with Crippen LogP contribution in [-0.2, 0) is 20.7 Å². The fourth-order valence-corrected chi connectivity index (χ4v) is 2.29. The summed E-state index contributed by atoms with van der Waals surface area (Å²) in [5, 5.41) is 5.13. The third-order valence-electron chi connectivity index (χ3n) is 3.36. The summed E-state index contributed by atoms with van der Waals surface area (Å²) in [6.45, 7) is 2.67. The van der Waals surface area contributed by atoms with E-state index in [1.807, 2.05) is 36.4 Å². The van der Waals surface area contributed by atoms with Gasteiger partial charge in [0.15, 0.2) is 0 Å². The van der Waals surface area contributed by atoms with Gasteiger partial charge in [0.1, 0.15) is 0 Å². The Kier molecular flexibility index (Phi) is 5.95. The van der Waals surface area contributed by atoms with Gasteiger partial charge in [-0.05, 0) is 29.7 Å². The molecule has 116 valence electrons. The zero-order chi connectivity index (χ0) is 15.8. The predicted octanol–water partition coefficient (Wildman–Crippen LogP) is 2.84. The Labute approximate surface area is 130 Å². The molecule has 4 nitrogen and oxygen atoms in total. The van der Waals surface area contributed by atoms with Crippen LogP contribution in [0.1, 0.15) is 25.3 Å². The van der Waals surface area contributed by atoms with E-state index in [2.05, 4.69) is 11.4 Å². The summed E-state index contributed by atoms with van der Waals surface area (Å²) >= 11 is 0. The molecule has 1 N–H and O–H groups in total. The van der Waals surface area contributed by atoms with Crippen LogP contribution in [0.25, 0.3) is 10.8 Å². The van der Waals surface area contributed by atoms with Gasteiger partial charge in [0, 0.05) is 13.0 Å². The monoisotopic (exact) mass is 299 g/mol. The van der Waals surface area contributed by atoms with E-state index in [-0.39, 0.29) is 11.9 Å². The van der Waals surface area contributed by atoms with Crippen LogP contribution in [0.15, 0.2) is 42.5 Å². The van der Waals surface area contributed by atoms with Crippen LogP contribution in [0, 0.1) is 0 Å². The highest BCUT2D eigenvalue weighted by atomic mass is 16.5. The highest BCUT2D eigenvalue weighted by Crippen LogP contribution is 2.15. The molecular formula is C18H21NO3. The molecule has 4 heteroatoms. The van der Waals surface area contributed by atoms with Gasteiger partial charge in [-0.3, -0.25) is 9.59 Å². The summed E-state index contributed by atoms with van der Waals surface area (Å²) in [6.07, 6.45) is 1.29. The van der Waals surface area contributed by atoms with E-state index in [4.69, 9.17) is 4.74 Å². The molecule has 0 unspecified atom stereocenters. The van der Waals surface area contributed by atoms with Crippen LogP contribution >= 0.6 is 0 Å². The minimum atomic E-state index is -0.216. The Morgan fingerprint density at radius 1 is 1.09 bits per heavy atom. The molecule has 0 saturated carbocycles. The number of fused-ring (bicyclic) bond motifs is 1. The van der Waals surface area contributed by atoms with E-state index in [0.717, 1.165) is 10.9 Å². The fourth-order valence-electron chi connectivity index (χ4n) is 2.29. The van der Waals surface area contributed by atoms with Gasteiger partial charge in [0.05, 0.1) is 13.0 Å². The Balaban J connectivity index is 1.77. The molecule has 2 aromatic rings. The van der Waals surface area contributed by atoms with Crippen molar-refractivity contribution in [3.05, 3.63) is 48.0 Å². The van der Waals surface area contributed by atoms with E-state index < -0.39 is 0 Å². The number of carbonyl (C=O) groups excluding carboxylic acids is 2. The van der Waals surface area contributed by atoms with E-state index in [9.17, 15) is 9.59 Å². The lowest BCUT2D eigenvalue weighted by Gasteiger charge is -2.06. The molecule has 2 rings (SSSR count). The summed E-state index contributed by atoms with van der Waals surface area (Å²) in [5.74, 6) is -0.245. The molecule has 0 aliphatic heterocycles. The van der Waals surface area contributed by atoms with Crippen LogP contribution in [-0.4, -0.2) is 25.0 Å². The lowest BCUT2D eigenvalue weighted by Crippen LogP contribution is -2.26. The van der Waals surface area contributed by atoms with Gasteiger partial charge in [-0.2, -0.15) is 0 Å². The van der Waals surface area contributed by atoms with Crippen molar-refractivity contribution in [3.63, 3.8) is 0 Å². The summed E-state index contributed by atoms with van der Waals surface area (Å²) in [6, 6.07) is 14.1. The molecule has 0 atom stereocenters. The minimum Gasteiger partial charge on any atom is -0.466 e. The van der Waals surface area contributed by atoms with E-state index >= 15 is 0 Å². The Morgan fingerprint density at radius 3 is 2.64 bits per heavy atom. The topological polar surface area (TPSA) is 55.4 Å². The smallest absolute Gasteiger partial charge is 0.305 e. The van der Waals surface area contributed by atoms with Gasteiger partial charge in [-0.25, -0.2) is 0 Å². The SMILES string of the molecule is CCOC(=O)CCCNC(=O)Cc1ccc2ccccc2c1. The molecule has 2 aromatic carbocycles. The second-order valence-electron chi connectivity index (χ2n) is 5.12. The highest BCUT2D eigenvalue weighted by molar-refractivity contribution is 5.85. The van der Waals surface area contributed by atoms with Crippen molar-refractivity contribution in [1.82, 2.24) is 5.32 Å². The predicted molar refractivity (Wildman–Crippen MR) is 86.5 cm³/mol. The Bertz CT molecular complexity index is 652.